The number of halogens is 1. The summed E-state index contributed by atoms with van der Waals surface area (Å²) in [5.74, 6) is 1.58. The van der Waals surface area contributed by atoms with Crippen molar-refractivity contribution in [2.45, 2.75) is 31.1 Å². The summed E-state index contributed by atoms with van der Waals surface area (Å²) in [6.07, 6.45) is 4.85. The normalized spacial score (nSPS) is 23.1. The summed E-state index contributed by atoms with van der Waals surface area (Å²) in [5, 5.41) is 3.15. The van der Waals surface area contributed by atoms with Crippen LogP contribution in [0.5, 0.6) is 0 Å². The fraction of sp³-hybridized carbons (Fsp3) is 0.353. The van der Waals surface area contributed by atoms with Gasteiger partial charge >= 0.3 is 0 Å². The molecule has 22 heavy (non-hydrogen) atoms. The van der Waals surface area contributed by atoms with Crippen LogP contribution in [0.25, 0.3) is 0 Å². The van der Waals surface area contributed by atoms with Crippen LogP contribution >= 0.6 is 11.6 Å². The third kappa shape index (κ3) is 2.83. The maximum atomic E-state index is 12.3. The third-order valence-electron chi connectivity index (χ3n) is 4.40. The van der Waals surface area contributed by atoms with E-state index in [2.05, 4.69) is 39.6 Å². The molecule has 2 fully saturated rings. The first-order valence-electron chi connectivity index (χ1n) is 7.59. The minimum absolute atomic E-state index is 0.0107. The molecule has 112 valence electrons. The summed E-state index contributed by atoms with van der Waals surface area (Å²) in [7, 11) is 0. The molecule has 2 atom stereocenters. The monoisotopic (exact) mass is 313 g/mol. The summed E-state index contributed by atoms with van der Waals surface area (Å²) in [6.45, 7) is 0. The topological polar surface area (TPSA) is 54.9 Å². The van der Waals surface area contributed by atoms with Gasteiger partial charge in [-0.2, -0.15) is 0 Å². The molecule has 4 nitrogen and oxygen atoms in total. The molecule has 1 aromatic carbocycles. The van der Waals surface area contributed by atoms with Gasteiger partial charge in [-0.1, -0.05) is 35.9 Å². The minimum Gasteiger partial charge on any atom is -0.310 e. The van der Waals surface area contributed by atoms with Crippen LogP contribution in [-0.4, -0.2) is 15.9 Å². The lowest BCUT2D eigenvalue weighted by atomic mass is 10.0. The molecule has 1 heterocycles. The van der Waals surface area contributed by atoms with E-state index in [4.69, 9.17) is 11.6 Å². The Hall–Kier alpha value is -1.94. The average Bonchev–Trinajstić information content (AvgIpc) is 3.39. The lowest BCUT2D eigenvalue weighted by molar-refractivity contribution is -0.117. The molecule has 4 rings (SSSR count). The van der Waals surface area contributed by atoms with E-state index >= 15 is 0 Å². The molecule has 1 aromatic heterocycles. The van der Waals surface area contributed by atoms with Crippen LogP contribution in [0, 0.1) is 5.92 Å². The van der Waals surface area contributed by atoms with Crippen molar-refractivity contribution in [2.24, 2.45) is 5.92 Å². The van der Waals surface area contributed by atoms with Gasteiger partial charge in [0, 0.05) is 12.0 Å². The molecular formula is C17H16ClN3O. The van der Waals surface area contributed by atoms with Crippen molar-refractivity contribution in [3.63, 3.8) is 0 Å². The molecule has 1 amide bonds. The zero-order valence-electron chi connectivity index (χ0n) is 12.0. The number of nitrogens with zero attached hydrogens (tertiary/aromatic N) is 2. The van der Waals surface area contributed by atoms with Gasteiger partial charge in [-0.05, 0) is 42.2 Å². The van der Waals surface area contributed by atoms with E-state index in [1.807, 2.05) is 0 Å². The van der Waals surface area contributed by atoms with Crippen LogP contribution in [0.2, 0.25) is 5.15 Å². The van der Waals surface area contributed by atoms with E-state index < -0.39 is 0 Å². The number of nitrogens with one attached hydrogen (secondary N) is 1. The van der Waals surface area contributed by atoms with Crippen LogP contribution in [0.3, 0.4) is 0 Å². The molecule has 2 aliphatic rings. The average molecular weight is 314 g/mol. The first-order valence-corrected chi connectivity index (χ1v) is 7.97. The van der Waals surface area contributed by atoms with Crippen molar-refractivity contribution >= 4 is 23.3 Å². The molecule has 0 spiro atoms. The number of rotatable bonds is 4. The second-order valence-electron chi connectivity index (χ2n) is 6.11. The molecule has 2 saturated carbocycles. The zero-order valence-corrected chi connectivity index (χ0v) is 12.8. The lowest BCUT2D eigenvalue weighted by Gasteiger charge is -2.05. The standard InChI is InChI=1S/C17H16ClN3O/c18-15-8-16(20-9-19-15)21-17(22)14-7-13(14)12-3-1-2-11(6-12)10-4-5-10/h1-3,6,8-10,13-14H,4-5,7H2,(H,19,20,21,22). The van der Waals surface area contributed by atoms with E-state index in [0.29, 0.717) is 16.9 Å². The van der Waals surface area contributed by atoms with E-state index in [9.17, 15) is 4.79 Å². The van der Waals surface area contributed by atoms with Crippen LogP contribution in [-0.2, 0) is 4.79 Å². The van der Waals surface area contributed by atoms with Crippen molar-refractivity contribution in [3.8, 4) is 0 Å². The molecule has 0 bridgehead atoms. The van der Waals surface area contributed by atoms with Gasteiger partial charge in [0.1, 0.15) is 17.3 Å². The van der Waals surface area contributed by atoms with Crippen LogP contribution in [0.1, 0.15) is 42.2 Å². The largest absolute Gasteiger partial charge is 0.310 e. The van der Waals surface area contributed by atoms with Crippen molar-refractivity contribution < 1.29 is 4.79 Å². The Morgan fingerprint density at radius 3 is 2.77 bits per heavy atom. The minimum atomic E-state index is 0.0107. The number of aromatic nitrogens is 2. The van der Waals surface area contributed by atoms with Crippen molar-refractivity contribution in [2.75, 3.05) is 5.32 Å². The molecular weight excluding hydrogens is 298 g/mol. The number of hydrogen-bond acceptors (Lipinski definition) is 3. The Labute approximate surface area is 133 Å². The summed E-state index contributed by atoms with van der Waals surface area (Å²) < 4.78 is 0. The Bertz CT molecular complexity index is 729. The first-order chi connectivity index (χ1) is 10.7. The van der Waals surface area contributed by atoms with Gasteiger partial charge in [-0.15, -0.1) is 0 Å². The fourth-order valence-corrected chi connectivity index (χ4v) is 3.08. The molecule has 5 heteroatoms. The van der Waals surface area contributed by atoms with E-state index in [1.54, 1.807) is 6.07 Å². The van der Waals surface area contributed by atoms with Crippen molar-refractivity contribution in [1.82, 2.24) is 9.97 Å². The smallest absolute Gasteiger partial charge is 0.229 e. The quantitative estimate of drug-likeness (QED) is 0.875. The SMILES string of the molecule is O=C(Nc1cc(Cl)ncn1)C1CC1c1cccc(C2CC2)c1. The highest BCUT2D eigenvalue weighted by atomic mass is 35.5. The summed E-state index contributed by atoms with van der Waals surface area (Å²) >= 11 is 5.80. The maximum absolute atomic E-state index is 12.3. The molecule has 0 saturated heterocycles. The van der Waals surface area contributed by atoms with Gasteiger partial charge in [0.05, 0.1) is 0 Å². The highest BCUT2D eigenvalue weighted by Crippen LogP contribution is 2.49. The van der Waals surface area contributed by atoms with Crippen LogP contribution in [0.4, 0.5) is 5.82 Å². The molecule has 2 aromatic rings. The van der Waals surface area contributed by atoms with Gasteiger partial charge in [0.25, 0.3) is 0 Å². The lowest BCUT2D eigenvalue weighted by Crippen LogP contribution is -2.15. The summed E-state index contributed by atoms with van der Waals surface area (Å²) in [6, 6.07) is 10.3. The fourth-order valence-electron chi connectivity index (χ4n) is 2.93. The van der Waals surface area contributed by atoms with Crippen LogP contribution in [0.15, 0.2) is 36.7 Å². The number of anilines is 1. The molecule has 2 aliphatic carbocycles. The number of carbonyl (C=O) groups is 1. The van der Waals surface area contributed by atoms with Crippen molar-refractivity contribution in [3.05, 3.63) is 52.9 Å². The summed E-state index contributed by atoms with van der Waals surface area (Å²) in [5.41, 5.74) is 2.71. The number of benzene rings is 1. The maximum Gasteiger partial charge on any atom is 0.229 e. The number of amides is 1. The van der Waals surface area contributed by atoms with Gasteiger partial charge < -0.3 is 5.32 Å². The van der Waals surface area contributed by atoms with E-state index in [0.717, 1.165) is 12.3 Å². The highest BCUT2D eigenvalue weighted by molar-refractivity contribution is 6.29. The molecule has 1 N–H and O–H groups in total. The molecule has 2 unspecified atom stereocenters. The predicted molar refractivity (Wildman–Crippen MR) is 84.9 cm³/mol. The molecule has 0 aliphatic heterocycles. The Balaban J connectivity index is 1.43. The Morgan fingerprint density at radius 1 is 1.18 bits per heavy atom. The highest BCUT2D eigenvalue weighted by Gasteiger charge is 2.44. The van der Waals surface area contributed by atoms with Gasteiger partial charge in [0.2, 0.25) is 5.91 Å². The van der Waals surface area contributed by atoms with Gasteiger partial charge in [-0.3, -0.25) is 4.79 Å². The van der Waals surface area contributed by atoms with E-state index in [-0.39, 0.29) is 11.8 Å². The Kier molecular flexibility index (Phi) is 3.34. The zero-order chi connectivity index (χ0) is 15.1. The number of carbonyl (C=O) groups excluding carboxylic acids is 1. The third-order valence-corrected chi connectivity index (χ3v) is 4.61. The first kappa shape index (κ1) is 13.7. The van der Waals surface area contributed by atoms with Crippen molar-refractivity contribution in [1.29, 1.82) is 0 Å². The second kappa shape index (κ2) is 5.36. The van der Waals surface area contributed by atoms with E-state index in [1.165, 1.54) is 30.3 Å². The Morgan fingerprint density at radius 2 is 2.00 bits per heavy atom. The summed E-state index contributed by atoms with van der Waals surface area (Å²) in [4.78, 5) is 20.1. The molecule has 0 radical (unpaired) electrons. The van der Waals surface area contributed by atoms with Crippen LogP contribution < -0.4 is 5.32 Å². The van der Waals surface area contributed by atoms with Gasteiger partial charge in [0.15, 0.2) is 0 Å². The predicted octanol–water partition coefficient (Wildman–Crippen LogP) is 3.75. The second-order valence-corrected chi connectivity index (χ2v) is 6.50. The number of hydrogen-bond donors (Lipinski definition) is 1. The van der Waals surface area contributed by atoms with Gasteiger partial charge in [-0.25, -0.2) is 9.97 Å².